The molecule has 0 aliphatic carbocycles. The minimum Gasteiger partial charge on any atom is -0.382 e. The first-order valence-corrected chi connectivity index (χ1v) is 5.09. The molecule has 5 nitrogen and oxygen atoms in total. The van der Waals surface area contributed by atoms with E-state index in [1.54, 1.807) is 14.2 Å². The van der Waals surface area contributed by atoms with Crippen LogP contribution in [-0.2, 0) is 9.47 Å². The lowest BCUT2D eigenvalue weighted by atomic mass is 10.4. The van der Waals surface area contributed by atoms with Gasteiger partial charge < -0.3 is 14.8 Å². The summed E-state index contributed by atoms with van der Waals surface area (Å²) < 4.78 is 14.2. The predicted octanol–water partition coefficient (Wildman–Crippen LogP) is 0.920. The Morgan fingerprint density at radius 1 is 1.50 bits per heavy atom. The van der Waals surface area contributed by atoms with E-state index in [9.17, 15) is 0 Å². The molecule has 80 valence electrons. The summed E-state index contributed by atoms with van der Waals surface area (Å²) in [7, 11) is 3.32. The van der Waals surface area contributed by atoms with Gasteiger partial charge in [0.05, 0.1) is 12.7 Å². The molecule has 14 heavy (non-hydrogen) atoms. The Kier molecular flexibility index (Phi) is 4.78. The highest BCUT2D eigenvalue weighted by Crippen LogP contribution is 2.09. The van der Waals surface area contributed by atoms with Crippen LogP contribution in [0.3, 0.4) is 0 Å². The van der Waals surface area contributed by atoms with Gasteiger partial charge in [0.2, 0.25) is 5.13 Å². The molecule has 1 atom stereocenters. The molecule has 0 saturated carbocycles. The molecule has 1 rings (SSSR count). The van der Waals surface area contributed by atoms with Crippen molar-refractivity contribution in [3.05, 3.63) is 5.82 Å². The van der Waals surface area contributed by atoms with E-state index in [0.29, 0.717) is 13.2 Å². The quantitative estimate of drug-likeness (QED) is 0.768. The van der Waals surface area contributed by atoms with Crippen molar-refractivity contribution in [2.75, 3.05) is 32.7 Å². The van der Waals surface area contributed by atoms with E-state index in [1.807, 2.05) is 6.92 Å². The molecule has 1 aromatic rings. The zero-order valence-corrected chi connectivity index (χ0v) is 9.43. The molecule has 0 spiro atoms. The van der Waals surface area contributed by atoms with Crippen LogP contribution in [0.25, 0.3) is 0 Å². The number of aryl methyl sites for hydroxylation is 1. The minimum absolute atomic E-state index is 0.0456. The standard InChI is InChI=1S/C8H15N3O2S/c1-6-10-8(14-11-6)9-4-7(13-3)5-12-2/h7H,4-5H2,1-3H3,(H,9,10,11). The summed E-state index contributed by atoms with van der Waals surface area (Å²) in [5.74, 6) is 0.790. The van der Waals surface area contributed by atoms with Gasteiger partial charge in [0.25, 0.3) is 0 Å². The molecule has 1 N–H and O–H groups in total. The van der Waals surface area contributed by atoms with Crippen LogP contribution in [0.2, 0.25) is 0 Å². The first-order valence-electron chi connectivity index (χ1n) is 4.32. The van der Waals surface area contributed by atoms with Gasteiger partial charge in [0.1, 0.15) is 5.82 Å². The van der Waals surface area contributed by atoms with E-state index in [2.05, 4.69) is 14.7 Å². The number of hydrogen-bond donors (Lipinski definition) is 1. The lowest BCUT2D eigenvalue weighted by Gasteiger charge is -2.13. The Morgan fingerprint density at radius 3 is 2.79 bits per heavy atom. The molecule has 1 unspecified atom stereocenters. The van der Waals surface area contributed by atoms with Gasteiger partial charge in [-0.15, -0.1) is 0 Å². The summed E-state index contributed by atoms with van der Waals surface area (Å²) in [6, 6.07) is 0. The van der Waals surface area contributed by atoms with Crippen molar-refractivity contribution in [2.45, 2.75) is 13.0 Å². The maximum absolute atomic E-state index is 5.19. The number of ether oxygens (including phenoxy) is 2. The summed E-state index contributed by atoms with van der Waals surface area (Å²) >= 11 is 1.35. The molecule has 0 bridgehead atoms. The molecule has 0 fully saturated rings. The number of aromatic nitrogens is 2. The van der Waals surface area contributed by atoms with Crippen molar-refractivity contribution in [3.8, 4) is 0 Å². The largest absolute Gasteiger partial charge is 0.382 e. The van der Waals surface area contributed by atoms with Crippen LogP contribution in [0.5, 0.6) is 0 Å². The fourth-order valence-corrected chi connectivity index (χ4v) is 1.55. The monoisotopic (exact) mass is 217 g/mol. The fourth-order valence-electron chi connectivity index (χ4n) is 0.966. The van der Waals surface area contributed by atoms with Crippen LogP contribution in [0.1, 0.15) is 5.82 Å². The number of nitrogens with one attached hydrogen (secondary N) is 1. The van der Waals surface area contributed by atoms with Crippen molar-refractivity contribution in [3.63, 3.8) is 0 Å². The third-order valence-electron chi connectivity index (χ3n) is 1.69. The van der Waals surface area contributed by atoms with Crippen molar-refractivity contribution in [2.24, 2.45) is 0 Å². The Labute approximate surface area is 87.6 Å². The maximum atomic E-state index is 5.19. The lowest BCUT2D eigenvalue weighted by Crippen LogP contribution is -2.26. The van der Waals surface area contributed by atoms with Crippen LogP contribution >= 0.6 is 11.5 Å². The normalized spacial score (nSPS) is 12.8. The van der Waals surface area contributed by atoms with Gasteiger partial charge in [-0.25, -0.2) is 4.98 Å². The topological polar surface area (TPSA) is 56.3 Å². The van der Waals surface area contributed by atoms with Crippen LogP contribution in [0.15, 0.2) is 0 Å². The van der Waals surface area contributed by atoms with Crippen LogP contribution in [-0.4, -0.2) is 42.8 Å². The van der Waals surface area contributed by atoms with Crippen molar-refractivity contribution in [1.29, 1.82) is 0 Å². The molecule has 1 heterocycles. The van der Waals surface area contributed by atoms with E-state index in [0.717, 1.165) is 11.0 Å². The molecule has 1 aromatic heterocycles. The first-order chi connectivity index (χ1) is 6.76. The van der Waals surface area contributed by atoms with E-state index in [4.69, 9.17) is 9.47 Å². The number of hydrogen-bond acceptors (Lipinski definition) is 6. The highest BCUT2D eigenvalue weighted by molar-refractivity contribution is 7.09. The zero-order chi connectivity index (χ0) is 10.4. The van der Waals surface area contributed by atoms with Crippen molar-refractivity contribution >= 4 is 16.7 Å². The van der Waals surface area contributed by atoms with Crippen LogP contribution in [0, 0.1) is 6.92 Å². The van der Waals surface area contributed by atoms with Gasteiger partial charge >= 0.3 is 0 Å². The fraction of sp³-hybridized carbons (Fsp3) is 0.750. The minimum atomic E-state index is 0.0456. The number of rotatable bonds is 6. The number of methoxy groups -OCH3 is 2. The maximum Gasteiger partial charge on any atom is 0.202 e. The predicted molar refractivity (Wildman–Crippen MR) is 55.8 cm³/mol. The molecule has 0 radical (unpaired) electrons. The molecular weight excluding hydrogens is 202 g/mol. The second kappa shape index (κ2) is 5.90. The lowest BCUT2D eigenvalue weighted by molar-refractivity contribution is 0.0365. The van der Waals surface area contributed by atoms with E-state index < -0.39 is 0 Å². The summed E-state index contributed by atoms with van der Waals surface area (Å²) in [6.45, 7) is 3.12. The molecule has 0 aliphatic rings. The van der Waals surface area contributed by atoms with Gasteiger partial charge in [0, 0.05) is 32.3 Å². The summed E-state index contributed by atoms with van der Waals surface area (Å²) in [5.41, 5.74) is 0. The second-order valence-corrected chi connectivity index (χ2v) is 3.59. The van der Waals surface area contributed by atoms with E-state index >= 15 is 0 Å². The van der Waals surface area contributed by atoms with Crippen molar-refractivity contribution in [1.82, 2.24) is 9.36 Å². The zero-order valence-electron chi connectivity index (χ0n) is 8.61. The summed E-state index contributed by atoms with van der Waals surface area (Å²) in [6.07, 6.45) is 0.0456. The Hall–Kier alpha value is -0.720. The molecule has 0 saturated heterocycles. The third kappa shape index (κ3) is 3.57. The second-order valence-electron chi connectivity index (χ2n) is 2.84. The molecule has 0 amide bonds. The first kappa shape index (κ1) is 11.4. The van der Waals surface area contributed by atoms with Gasteiger partial charge in [-0.1, -0.05) is 0 Å². The Morgan fingerprint density at radius 2 is 2.29 bits per heavy atom. The summed E-state index contributed by atoms with van der Waals surface area (Å²) in [4.78, 5) is 4.18. The SMILES string of the molecule is COCC(CNc1nc(C)ns1)OC. The van der Waals surface area contributed by atoms with Gasteiger partial charge in [-0.05, 0) is 6.92 Å². The van der Waals surface area contributed by atoms with Crippen LogP contribution in [0.4, 0.5) is 5.13 Å². The molecular formula is C8H15N3O2S. The average Bonchev–Trinajstić information content (AvgIpc) is 2.59. The highest BCUT2D eigenvalue weighted by Gasteiger charge is 2.07. The smallest absolute Gasteiger partial charge is 0.202 e. The van der Waals surface area contributed by atoms with Gasteiger partial charge in [0.15, 0.2) is 0 Å². The van der Waals surface area contributed by atoms with Gasteiger partial charge in [-0.3, -0.25) is 0 Å². The highest BCUT2D eigenvalue weighted by atomic mass is 32.1. The number of nitrogens with zero attached hydrogens (tertiary/aromatic N) is 2. The van der Waals surface area contributed by atoms with Gasteiger partial charge in [-0.2, -0.15) is 4.37 Å². The van der Waals surface area contributed by atoms with E-state index in [1.165, 1.54) is 11.5 Å². The Bertz CT molecular complexity index is 267. The summed E-state index contributed by atoms with van der Waals surface area (Å²) in [5, 5.41) is 3.96. The molecule has 0 aliphatic heterocycles. The third-order valence-corrected chi connectivity index (χ3v) is 2.46. The molecule has 0 aromatic carbocycles. The van der Waals surface area contributed by atoms with E-state index in [-0.39, 0.29) is 6.10 Å². The van der Waals surface area contributed by atoms with Crippen LogP contribution < -0.4 is 5.32 Å². The Balaban J connectivity index is 2.31. The molecule has 6 heteroatoms. The number of anilines is 1. The van der Waals surface area contributed by atoms with Crippen molar-refractivity contribution < 1.29 is 9.47 Å². The average molecular weight is 217 g/mol.